The molecule has 1 heterocycles. The van der Waals surface area contributed by atoms with E-state index in [1.54, 1.807) is 6.07 Å². The summed E-state index contributed by atoms with van der Waals surface area (Å²) in [5, 5.41) is 4.02. The van der Waals surface area contributed by atoms with Crippen LogP contribution in [0.4, 0.5) is 9.18 Å². The van der Waals surface area contributed by atoms with Gasteiger partial charge in [0.15, 0.2) is 17.8 Å². The van der Waals surface area contributed by atoms with Crippen LogP contribution in [0.15, 0.2) is 60.7 Å². The first-order chi connectivity index (χ1) is 25.5. The van der Waals surface area contributed by atoms with Gasteiger partial charge >= 0.3 is 6.09 Å². The lowest BCUT2D eigenvalue weighted by Crippen LogP contribution is -2.60. The molecule has 1 saturated heterocycles. The summed E-state index contributed by atoms with van der Waals surface area (Å²) in [7, 11) is 1.77. The summed E-state index contributed by atoms with van der Waals surface area (Å²) in [4.78, 5) is 17.5. The summed E-state index contributed by atoms with van der Waals surface area (Å²) in [6.07, 6.45) is 1.48. The number of carbonyl (C=O) groups excluding carboxylic acids is 1. The van der Waals surface area contributed by atoms with Crippen LogP contribution >= 0.6 is 23.2 Å². The van der Waals surface area contributed by atoms with Crippen LogP contribution in [-0.2, 0) is 40.8 Å². The Morgan fingerprint density at radius 2 is 1.76 bits per heavy atom. The Hall–Kier alpha value is -2.93. The Balaban J connectivity index is 1.21. The maximum absolute atomic E-state index is 15.8. The van der Waals surface area contributed by atoms with Gasteiger partial charge in [-0.15, -0.1) is 0 Å². The Labute approximate surface area is 330 Å². The lowest BCUT2D eigenvalue weighted by molar-refractivity contribution is -0.114. The number of halogens is 3. The molecule has 0 radical (unpaired) electrons. The summed E-state index contributed by atoms with van der Waals surface area (Å²) >= 11 is 12.8. The van der Waals surface area contributed by atoms with Gasteiger partial charge in [0.05, 0.1) is 12.9 Å². The number of benzene rings is 3. The van der Waals surface area contributed by atoms with E-state index in [1.807, 2.05) is 62.6 Å². The molecule has 3 saturated carbocycles. The molecule has 54 heavy (non-hydrogen) atoms. The number of carbonyl (C=O) groups is 1. The zero-order chi connectivity index (χ0) is 38.9. The van der Waals surface area contributed by atoms with E-state index in [4.69, 9.17) is 32.7 Å². The van der Waals surface area contributed by atoms with Crippen molar-refractivity contribution in [2.24, 2.45) is 23.2 Å². The first-order valence-corrected chi connectivity index (χ1v) is 21.1. The molecule has 9 nitrogen and oxygen atoms in total. The van der Waals surface area contributed by atoms with Crippen LogP contribution in [0.2, 0.25) is 10.0 Å². The minimum absolute atomic E-state index is 0.0108. The van der Waals surface area contributed by atoms with Crippen molar-refractivity contribution in [3.05, 3.63) is 98.8 Å². The zero-order valence-electron chi connectivity index (χ0n) is 32.0. The van der Waals surface area contributed by atoms with Gasteiger partial charge in [-0.05, 0) is 97.5 Å². The van der Waals surface area contributed by atoms with E-state index in [1.165, 1.54) is 23.9 Å². The number of nitrogens with one attached hydrogen (secondary N) is 1. The molecular weight excluding hydrogens is 750 g/mol. The third kappa shape index (κ3) is 9.03. The van der Waals surface area contributed by atoms with Crippen molar-refractivity contribution >= 4 is 39.3 Å². The quantitative estimate of drug-likeness (QED) is 0.177. The van der Waals surface area contributed by atoms with Gasteiger partial charge in [0.1, 0.15) is 0 Å². The third-order valence-electron chi connectivity index (χ3n) is 12.1. The van der Waals surface area contributed by atoms with Crippen molar-refractivity contribution in [3.8, 4) is 5.75 Å². The maximum atomic E-state index is 15.8. The number of hydrogen-bond acceptors (Lipinski definition) is 7. The highest BCUT2D eigenvalue weighted by molar-refractivity contribution is 7.89. The Morgan fingerprint density at radius 3 is 2.43 bits per heavy atom. The van der Waals surface area contributed by atoms with E-state index in [0.29, 0.717) is 52.9 Å². The number of methoxy groups -OCH3 is 1. The lowest BCUT2D eigenvalue weighted by atomic mass is 9.45. The minimum atomic E-state index is -3.66. The minimum Gasteiger partial charge on any atom is -0.494 e. The fraction of sp³-hybridized carbons (Fsp3) is 0.537. The average molecular weight is 804 g/mol. The van der Waals surface area contributed by atoms with E-state index in [2.05, 4.69) is 35.9 Å². The number of sulfonamides is 1. The number of ether oxygens (including phenoxy) is 2. The molecule has 0 spiro atoms. The van der Waals surface area contributed by atoms with Crippen molar-refractivity contribution in [2.75, 3.05) is 33.5 Å². The van der Waals surface area contributed by atoms with E-state index >= 15 is 4.39 Å². The molecule has 7 rings (SSSR count). The van der Waals surface area contributed by atoms with Crippen LogP contribution < -0.4 is 10.1 Å². The van der Waals surface area contributed by atoms with Gasteiger partial charge in [0, 0.05) is 60.3 Å². The fourth-order valence-electron chi connectivity index (χ4n) is 8.92. The standard InChI is InChI=1S/C41H53Cl2FN4O5S/c1-26-34-20-30(41(34,2)3)21-36(26)45-40(49)53-38-16-17-54(50,51)48(38)23-29-9-7-8-28(18-29)22-47(25-33-35(43)14-15-37(52-6)39(33)44)32(24-46(4)5)19-27-10-12-31(42)13-11-27/h7-15,18,26,30,32,34,36,38H,16-17,19-25H2,1-6H3,(H,45,49)/t26-,30+,32-,34-,36-,38?/m0/s1. The topological polar surface area (TPSA) is 91.4 Å². The molecule has 1 amide bonds. The van der Waals surface area contributed by atoms with Crippen LogP contribution in [0.1, 0.15) is 62.3 Å². The van der Waals surface area contributed by atoms with Crippen molar-refractivity contribution in [1.82, 2.24) is 19.4 Å². The van der Waals surface area contributed by atoms with Crippen molar-refractivity contribution in [2.45, 2.75) is 84.4 Å². The molecule has 3 aliphatic carbocycles. The van der Waals surface area contributed by atoms with E-state index < -0.39 is 28.2 Å². The molecule has 1 aliphatic heterocycles. The second kappa shape index (κ2) is 16.7. The molecule has 2 bridgehead atoms. The van der Waals surface area contributed by atoms with E-state index in [-0.39, 0.29) is 48.5 Å². The molecule has 4 aliphatic rings. The SMILES string of the molecule is COc1ccc(Cl)c(CN(Cc2cccc(CN3C(OC(=O)N[C@H]4C[C@H]5C[C@@H]([C@@H]4C)C5(C)C)CCS3(=O)=O)c2)[C@@H](Cc2ccc(Cl)cc2)CN(C)C)c1F. The van der Waals surface area contributed by atoms with Crippen LogP contribution in [0, 0.1) is 29.0 Å². The van der Waals surface area contributed by atoms with Crippen molar-refractivity contribution in [3.63, 3.8) is 0 Å². The van der Waals surface area contributed by atoms with Gasteiger partial charge in [0.2, 0.25) is 10.0 Å². The van der Waals surface area contributed by atoms with Crippen LogP contribution in [0.5, 0.6) is 5.75 Å². The molecule has 1 unspecified atom stereocenters. The molecule has 6 atom stereocenters. The summed E-state index contributed by atoms with van der Waals surface area (Å²) < 4.78 is 54.8. The molecule has 3 aromatic rings. The number of fused-ring (bicyclic) bond motifs is 2. The van der Waals surface area contributed by atoms with Crippen molar-refractivity contribution < 1.29 is 27.1 Å². The average Bonchev–Trinajstić information content (AvgIpc) is 3.39. The first-order valence-electron chi connectivity index (χ1n) is 18.7. The predicted octanol–water partition coefficient (Wildman–Crippen LogP) is 7.97. The van der Waals surface area contributed by atoms with Gasteiger partial charge in [-0.3, -0.25) is 4.90 Å². The third-order valence-corrected chi connectivity index (χ3v) is 14.6. The molecule has 4 fully saturated rings. The Bertz CT molecular complexity index is 1910. The van der Waals surface area contributed by atoms with Crippen molar-refractivity contribution in [1.29, 1.82) is 0 Å². The second-order valence-electron chi connectivity index (χ2n) is 16.2. The summed E-state index contributed by atoms with van der Waals surface area (Å²) in [6.45, 7) is 8.14. The predicted molar refractivity (Wildman–Crippen MR) is 211 cm³/mol. The first kappa shape index (κ1) is 40.7. The number of alkyl carbamates (subject to hydrolysis) is 1. The van der Waals surface area contributed by atoms with E-state index in [9.17, 15) is 13.2 Å². The number of rotatable bonds is 14. The Morgan fingerprint density at radius 1 is 1.04 bits per heavy atom. The van der Waals surface area contributed by atoms with E-state index in [0.717, 1.165) is 23.1 Å². The molecular formula is C41H53Cl2FN4O5S. The smallest absolute Gasteiger partial charge is 0.408 e. The van der Waals surface area contributed by atoms with Gasteiger partial charge in [0.25, 0.3) is 0 Å². The zero-order valence-corrected chi connectivity index (χ0v) is 34.4. The highest BCUT2D eigenvalue weighted by Gasteiger charge is 2.56. The molecule has 3 aromatic carbocycles. The van der Waals surface area contributed by atoms with Gasteiger partial charge in [-0.1, -0.05) is 80.4 Å². The molecule has 13 heteroatoms. The fourth-order valence-corrected chi connectivity index (χ4v) is 10.8. The molecule has 1 N–H and O–H groups in total. The van der Waals surface area contributed by atoms with Crippen LogP contribution in [0.25, 0.3) is 0 Å². The van der Waals surface area contributed by atoms with Gasteiger partial charge in [-0.25, -0.2) is 17.6 Å². The number of likely N-dealkylation sites (N-methyl/N-ethyl adjacent to an activating group) is 1. The summed E-state index contributed by atoms with van der Waals surface area (Å²) in [5.41, 5.74) is 3.35. The Kier molecular flexibility index (Phi) is 12.6. The number of hydrogen-bond donors (Lipinski definition) is 1. The van der Waals surface area contributed by atoms with Gasteiger partial charge in [-0.2, -0.15) is 4.31 Å². The highest BCUT2D eigenvalue weighted by Crippen LogP contribution is 2.61. The van der Waals surface area contributed by atoms with Gasteiger partial charge < -0.3 is 19.7 Å². The monoisotopic (exact) mass is 802 g/mol. The molecule has 0 aromatic heterocycles. The van der Waals surface area contributed by atoms with Crippen LogP contribution in [-0.4, -0.2) is 80.4 Å². The molecule has 294 valence electrons. The maximum Gasteiger partial charge on any atom is 0.408 e. The second-order valence-corrected chi connectivity index (χ2v) is 19.1. The lowest BCUT2D eigenvalue weighted by Gasteiger charge is -2.62. The highest BCUT2D eigenvalue weighted by atomic mass is 35.5. The largest absolute Gasteiger partial charge is 0.494 e. The normalized spacial score (nSPS) is 25.0. The summed E-state index contributed by atoms with van der Waals surface area (Å²) in [6, 6.07) is 18.5. The summed E-state index contributed by atoms with van der Waals surface area (Å²) in [5.74, 6) is 0.951. The number of amides is 1. The number of nitrogens with zero attached hydrogens (tertiary/aromatic N) is 3. The van der Waals surface area contributed by atoms with Crippen LogP contribution in [0.3, 0.4) is 0 Å².